The summed E-state index contributed by atoms with van der Waals surface area (Å²) in [6.45, 7) is 3.81. The van der Waals surface area contributed by atoms with Crippen molar-refractivity contribution >= 4 is 9.84 Å². The fraction of sp³-hybridized carbons (Fsp3) is 0.143. The Kier molecular flexibility index (Phi) is 1.98. The van der Waals surface area contributed by atoms with Crippen molar-refractivity contribution in [1.82, 2.24) is 0 Å². The highest BCUT2D eigenvalue weighted by Gasteiger charge is 2.32. The number of sulfone groups is 1. The van der Waals surface area contributed by atoms with Gasteiger partial charge in [-0.3, -0.25) is 0 Å². The third kappa shape index (κ3) is 1.35. The molecule has 0 saturated heterocycles. The van der Waals surface area contributed by atoms with E-state index in [0.717, 1.165) is 22.3 Å². The highest BCUT2D eigenvalue weighted by molar-refractivity contribution is 7.92. The number of fused-ring (bicyclic) bond motifs is 3. The Hall–Kier alpha value is -1.61. The summed E-state index contributed by atoms with van der Waals surface area (Å²) in [5.74, 6) is 0. The van der Waals surface area contributed by atoms with Gasteiger partial charge in [-0.25, -0.2) is 8.42 Å². The van der Waals surface area contributed by atoms with Crippen LogP contribution in [0.4, 0.5) is 0 Å². The molecule has 0 aliphatic carbocycles. The van der Waals surface area contributed by atoms with Gasteiger partial charge in [-0.05, 0) is 37.1 Å². The van der Waals surface area contributed by atoms with Crippen molar-refractivity contribution in [3.05, 3.63) is 47.5 Å². The highest BCUT2D eigenvalue weighted by atomic mass is 32.2. The minimum atomic E-state index is -3.31. The van der Waals surface area contributed by atoms with Crippen LogP contribution in [0.3, 0.4) is 0 Å². The molecule has 0 spiro atoms. The zero-order chi connectivity index (χ0) is 12.2. The maximum atomic E-state index is 12.4. The Labute approximate surface area is 101 Å². The van der Waals surface area contributed by atoms with Crippen LogP contribution in [0, 0.1) is 13.8 Å². The van der Waals surface area contributed by atoms with E-state index in [0.29, 0.717) is 9.79 Å². The molecule has 0 bridgehead atoms. The Balaban J connectivity index is 2.46. The van der Waals surface area contributed by atoms with E-state index in [4.69, 9.17) is 0 Å². The fourth-order valence-corrected chi connectivity index (χ4v) is 4.12. The van der Waals surface area contributed by atoms with Crippen molar-refractivity contribution in [2.75, 3.05) is 0 Å². The molecule has 1 aliphatic heterocycles. The van der Waals surface area contributed by atoms with E-state index in [1.54, 1.807) is 12.1 Å². The molecule has 1 aliphatic rings. The molecule has 2 nitrogen and oxygen atoms in total. The standard InChI is InChI=1S/C14H12O2S/c1-9-3-5-11-12-6-4-10(2)8-14(12)17(15,16)13(11)7-9/h3-8H,1-2H3. The molecule has 86 valence electrons. The Morgan fingerprint density at radius 3 is 1.59 bits per heavy atom. The Morgan fingerprint density at radius 1 is 0.765 bits per heavy atom. The molecule has 0 atom stereocenters. The van der Waals surface area contributed by atoms with Gasteiger partial charge in [0.2, 0.25) is 9.84 Å². The highest BCUT2D eigenvalue weighted by Crippen LogP contribution is 2.43. The molecule has 0 saturated carbocycles. The third-order valence-corrected chi connectivity index (χ3v) is 4.98. The molecular formula is C14H12O2S. The van der Waals surface area contributed by atoms with Crippen LogP contribution in [-0.4, -0.2) is 8.42 Å². The SMILES string of the molecule is Cc1ccc2c(c1)S(=O)(=O)c1cc(C)ccc1-2. The molecule has 17 heavy (non-hydrogen) atoms. The molecule has 0 fully saturated rings. The van der Waals surface area contributed by atoms with E-state index in [2.05, 4.69) is 0 Å². The molecular weight excluding hydrogens is 232 g/mol. The number of benzene rings is 2. The van der Waals surface area contributed by atoms with Crippen LogP contribution >= 0.6 is 0 Å². The molecule has 3 heteroatoms. The van der Waals surface area contributed by atoms with Crippen LogP contribution in [0.5, 0.6) is 0 Å². The summed E-state index contributed by atoms with van der Waals surface area (Å²) in [6.07, 6.45) is 0. The predicted molar refractivity (Wildman–Crippen MR) is 66.8 cm³/mol. The van der Waals surface area contributed by atoms with Gasteiger partial charge >= 0.3 is 0 Å². The van der Waals surface area contributed by atoms with Crippen LogP contribution in [0.2, 0.25) is 0 Å². The molecule has 3 rings (SSSR count). The first-order valence-electron chi connectivity index (χ1n) is 5.47. The van der Waals surface area contributed by atoms with Gasteiger partial charge in [0.25, 0.3) is 0 Å². The van der Waals surface area contributed by atoms with E-state index in [9.17, 15) is 8.42 Å². The summed E-state index contributed by atoms with van der Waals surface area (Å²) in [4.78, 5) is 0.885. The zero-order valence-corrected chi connectivity index (χ0v) is 10.5. The Bertz CT molecular complexity index is 670. The van der Waals surface area contributed by atoms with Crippen molar-refractivity contribution in [2.45, 2.75) is 23.6 Å². The lowest BCUT2D eigenvalue weighted by atomic mass is 10.0. The van der Waals surface area contributed by atoms with Crippen molar-refractivity contribution < 1.29 is 8.42 Å². The van der Waals surface area contributed by atoms with Gasteiger partial charge in [0.1, 0.15) is 0 Å². The summed E-state index contributed by atoms with van der Waals surface area (Å²) < 4.78 is 24.8. The van der Waals surface area contributed by atoms with Crippen LogP contribution < -0.4 is 0 Å². The smallest absolute Gasteiger partial charge is 0.207 e. The lowest BCUT2D eigenvalue weighted by Gasteiger charge is -1.99. The molecule has 0 amide bonds. The molecule has 1 heterocycles. The summed E-state index contributed by atoms with van der Waals surface area (Å²) in [5, 5.41) is 0. The average Bonchev–Trinajstić information content (AvgIpc) is 2.49. The Morgan fingerprint density at radius 2 is 1.18 bits per heavy atom. The molecule has 0 radical (unpaired) electrons. The minimum absolute atomic E-state index is 0.443. The van der Waals surface area contributed by atoms with E-state index in [1.165, 1.54) is 0 Å². The second-order valence-electron chi connectivity index (χ2n) is 4.50. The van der Waals surface area contributed by atoms with E-state index in [1.807, 2.05) is 38.1 Å². The fourth-order valence-electron chi connectivity index (χ4n) is 2.27. The normalized spacial score (nSPS) is 15.4. The quantitative estimate of drug-likeness (QED) is 0.609. The first-order chi connectivity index (χ1) is 8.00. The summed E-state index contributed by atoms with van der Waals surface area (Å²) in [7, 11) is -3.31. The average molecular weight is 244 g/mol. The lowest BCUT2D eigenvalue weighted by molar-refractivity contribution is 0.598. The van der Waals surface area contributed by atoms with Crippen LogP contribution in [-0.2, 0) is 9.84 Å². The number of hydrogen-bond acceptors (Lipinski definition) is 2. The number of aryl methyl sites for hydroxylation is 2. The van der Waals surface area contributed by atoms with Gasteiger partial charge in [-0.15, -0.1) is 0 Å². The lowest BCUT2D eigenvalue weighted by Crippen LogP contribution is -1.97. The van der Waals surface area contributed by atoms with Gasteiger partial charge in [0, 0.05) is 11.1 Å². The van der Waals surface area contributed by atoms with Gasteiger partial charge in [0.15, 0.2) is 0 Å². The summed E-state index contributed by atoms with van der Waals surface area (Å²) >= 11 is 0. The van der Waals surface area contributed by atoms with Crippen molar-refractivity contribution in [3.8, 4) is 11.1 Å². The summed E-state index contributed by atoms with van der Waals surface area (Å²) in [6, 6.07) is 11.2. The van der Waals surface area contributed by atoms with Crippen molar-refractivity contribution in [1.29, 1.82) is 0 Å². The molecule has 0 aromatic heterocycles. The maximum Gasteiger partial charge on any atom is 0.207 e. The topological polar surface area (TPSA) is 34.1 Å². The van der Waals surface area contributed by atoms with E-state index >= 15 is 0 Å². The van der Waals surface area contributed by atoms with Crippen LogP contribution in [0.1, 0.15) is 11.1 Å². The number of hydrogen-bond donors (Lipinski definition) is 0. The number of rotatable bonds is 0. The second kappa shape index (κ2) is 3.20. The predicted octanol–water partition coefficient (Wildman–Crippen LogP) is 3.12. The first kappa shape index (κ1) is 10.5. The van der Waals surface area contributed by atoms with Gasteiger partial charge in [-0.2, -0.15) is 0 Å². The largest absolute Gasteiger partial charge is 0.218 e. The maximum absolute atomic E-state index is 12.4. The molecule has 0 N–H and O–H groups in total. The minimum Gasteiger partial charge on any atom is -0.218 e. The van der Waals surface area contributed by atoms with Crippen LogP contribution in [0.25, 0.3) is 11.1 Å². The second-order valence-corrected chi connectivity index (χ2v) is 6.39. The van der Waals surface area contributed by atoms with Gasteiger partial charge in [-0.1, -0.05) is 24.3 Å². The third-order valence-electron chi connectivity index (χ3n) is 3.14. The molecule has 0 unspecified atom stereocenters. The monoisotopic (exact) mass is 244 g/mol. The zero-order valence-electron chi connectivity index (χ0n) is 9.69. The van der Waals surface area contributed by atoms with Crippen molar-refractivity contribution in [2.24, 2.45) is 0 Å². The molecule has 2 aromatic rings. The first-order valence-corrected chi connectivity index (χ1v) is 6.95. The van der Waals surface area contributed by atoms with Gasteiger partial charge in [0.05, 0.1) is 9.79 Å². The van der Waals surface area contributed by atoms with Gasteiger partial charge < -0.3 is 0 Å². The molecule has 2 aromatic carbocycles. The van der Waals surface area contributed by atoms with E-state index < -0.39 is 9.84 Å². The summed E-state index contributed by atoms with van der Waals surface area (Å²) in [5.41, 5.74) is 3.59. The van der Waals surface area contributed by atoms with Crippen LogP contribution in [0.15, 0.2) is 46.2 Å². The van der Waals surface area contributed by atoms with Crippen molar-refractivity contribution in [3.63, 3.8) is 0 Å². The van der Waals surface area contributed by atoms with E-state index in [-0.39, 0.29) is 0 Å².